The quantitative estimate of drug-likeness (QED) is 0.560. The minimum atomic E-state index is -4.46. The van der Waals surface area contributed by atoms with Crippen molar-refractivity contribution < 1.29 is 41.7 Å². The van der Waals surface area contributed by atoms with Gasteiger partial charge in [-0.1, -0.05) is 12.1 Å². The van der Waals surface area contributed by atoms with Crippen molar-refractivity contribution in [2.24, 2.45) is 0 Å². The molecule has 0 bridgehead atoms. The maximum absolute atomic E-state index is 14.1. The first-order valence-electron chi connectivity index (χ1n) is 9.22. The summed E-state index contributed by atoms with van der Waals surface area (Å²) in [5.74, 6) is -1.91. The molecule has 2 rings (SSSR count). The molecule has 0 aliphatic rings. The van der Waals surface area contributed by atoms with Gasteiger partial charge in [0.25, 0.3) is 0 Å². The molecule has 0 aliphatic heterocycles. The summed E-state index contributed by atoms with van der Waals surface area (Å²) in [4.78, 5) is 23.3. The third-order valence-corrected chi connectivity index (χ3v) is 4.06. The molecular formula is C21H21F4NO5. The number of carbonyl (C=O) groups is 2. The predicted octanol–water partition coefficient (Wildman–Crippen LogP) is 5.01. The molecule has 31 heavy (non-hydrogen) atoms. The highest BCUT2D eigenvalue weighted by Crippen LogP contribution is 2.29. The minimum absolute atomic E-state index is 0.0218. The summed E-state index contributed by atoms with van der Waals surface area (Å²) in [6.45, 7) is 3.02. The Morgan fingerprint density at radius 1 is 1.10 bits per heavy atom. The number of alkyl halides is 3. The largest absolute Gasteiger partial charge is 0.479 e. The number of halogens is 4. The number of carboxylic acids is 1. The maximum atomic E-state index is 14.1. The van der Waals surface area contributed by atoms with Crippen LogP contribution in [0.1, 0.15) is 30.5 Å². The molecule has 6 nitrogen and oxygen atoms in total. The van der Waals surface area contributed by atoms with Gasteiger partial charge in [0.15, 0.2) is 6.10 Å². The molecule has 0 aliphatic carbocycles. The van der Waals surface area contributed by atoms with Crippen LogP contribution in [0.15, 0.2) is 42.5 Å². The summed E-state index contributed by atoms with van der Waals surface area (Å²) >= 11 is 0. The lowest BCUT2D eigenvalue weighted by molar-refractivity contribution is -0.153. The molecule has 0 aromatic heterocycles. The Hall–Kier alpha value is -3.14. The zero-order chi connectivity index (χ0) is 23.2. The lowest BCUT2D eigenvalue weighted by Gasteiger charge is -2.17. The second-order valence-corrected chi connectivity index (χ2v) is 6.92. The van der Waals surface area contributed by atoms with Crippen molar-refractivity contribution in [3.05, 3.63) is 65.0 Å². The monoisotopic (exact) mass is 443 g/mol. The van der Waals surface area contributed by atoms with E-state index in [0.717, 1.165) is 18.2 Å². The Bertz CT molecular complexity index is 913. The summed E-state index contributed by atoms with van der Waals surface area (Å²) in [7, 11) is 0. The molecule has 1 atom stereocenters. The normalized spacial score (nSPS) is 12.5. The molecule has 1 unspecified atom stereocenters. The number of ether oxygens (including phenoxy) is 2. The number of aliphatic carboxylic acids is 1. The van der Waals surface area contributed by atoms with Gasteiger partial charge in [-0.05, 0) is 55.3 Å². The number of nitrogens with one attached hydrogen (secondary N) is 1. The van der Waals surface area contributed by atoms with Gasteiger partial charge >= 0.3 is 18.2 Å². The van der Waals surface area contributed by atoms with E-state index in [2.05, 4.69) is 5.32 Å². The zero-order valence-electron chi connectivity index (χ0n) is 16.7. The van der Waals surface area contributed by atoms with Gasteiger partial charge in [0.2, 0.25) is 0 Å². The Morgan fingerprint density at radius 3 is 2.29 bits per heavy atom. The first-order chi connectivity index (χ1) is 14.5. The fraction of sp³-hybridized carbons (Fsp3) is 0.333. The van der Waals surface area contributed by atoms with Crippen LogP contribution in [0.25, 0.3) is 0 Å². The summed E-state index contributed by atoms with van der Waals surface area (Å²) in [6, 6.07) is 7.71. The molecular weight excluding hydrogens is 422 g/mol. The molecule has 2 aromatic carbocycles. The maximum Gasteiger partial charge on any atom is 0.416 e. The lowest BCUT2D eigenvalue weighted by Crippen LogP contribution is -2.29. The lowest BCUT2D eigenvalue weighted by atomic mass is 10.1. The van der Waals surface area contributed by atoms with Crippen LogP contribution in [0.3, 0.4) is 0 Å². The number of amides is 1. The van der Waals surface area contributed by atoms with Gasteiger partial charge in [0.1, 0.15) is 12.4 Å². The van der Waals surface area contributed by atoms with Gasteiger partial charge in [-0.25, -0.2) is 14.0 Å². The van der Waals surface area contributed by atoms with Crippen LogP contribution < -0.4 is 5.32 Å². The summed E-state index contributed by atoms with van der Waals surface area (Å²) < 4.78 is 62.0. The highest BCUT2D eigenvalue weighted by Gasteiger charge is 2.30. The van der Waals surface area contributed by atoms with E-state index in [-0.39, 0.29) is 30.4 Å². The fourth-order valence-electron chi connectivity index (χ4n) is 2.62. The molecule has 2 N–H and O–H groups in total. The Kier molecular flexibility index (Phi) is 7.98. The third kappa shape index (κ3) is 7.56. The SMILES string of the molecule is CC(C)OC(Cc1cc(NC(=O)OCc2ccc(C(F)(F)F)cc2)ccc1F)C(=O)O. The van der Waals surface area contributed by atoms with Gasteiger partial charge in [-0.3, -0.25) is 5.32 Å². The Labute approximate surface area is 175 Å². The van der Waals surface area contributed by atoms with Crippen LogP contribution in [-0.2, 0) is 33.5 Å². The third-order valence-electron chi connectivity index (χ3n) is 4.06. The van der Waals surface area contributed by atoms with Crippen LogP contribution in [0.4, 0.5) is 28.0 Å². The number of carbonyl (C=O) groups excluding carboxylic acids is 1. The highest BCUT2D eigenvalue weighted by molar-refractivity contribution is 5.84. The van der Waals surface area contributed by atoms with Crippen LogP contribution in [0.2, 0.25) is 0 Å². The zero-order valence-corrected chi connectivity index (χ0v) is 16.7. The van der Waals surface area contributed by atoms with E-state index in [0.29, 0.717) is 5.56 Å². The fourth-order valence-corrected chi connectivity index (χ4v) is 2.62. The van der Waals surface area contributed by atoms with E-state index in [1.54, 1.807) is 13.8 Å². The molecule has 10 heteroatoms. The van der Waals surface area contributed by atoms with Crippen molar-refractivity contribution in [2.75, 3.05) is 5.32 Å². The van der Waals surface area contributed by atoms with Crippen LogP contribution in [0, 0.1) is 5.82 Å². The number of hydrogen-bond acceptors (Lipinski definition) is 4. The number of carboxylic acid groups (broad SMARTS) is 1. The molecule has 0 spiro atoms. The summed E-state index contributed by atoms with van der Waals surface area (Å²) in [5, 5.41) is 11.6. The van der Waals surface area contributed by atoms with Crippen molar-refractivity contribution in [3.8, 4) is 0 Å². The van der Waals surface area contributed by atoms with E-state index >= 15 is 0 Å². The standard InChI is InChI=1S/C21H21F4NO5/c1-12(2)31-18(19(27)28)10-14-9-16(7-8-17(14)22)26-20(29)30-11-13-3-5-15(6-4-13)21(23,24)25/h3-9,12,18H,10-11H2,1-2H3,(H,26,29)(H,27,28). The topological polar surface area (TPSA) is 84.9 Å². The van der Waals surface area contributed by atoms with Crippen LogP contribution in [-0.4, -0.2) is 29.4 Å². The molecule has 1 amide bonds. The van der Waals surface area contributed by atoms with Crippen LogP contribution >= 0.6 is 0 Å². The second kappa shape index (κ2) is 10.3. The number of benzene rings is 2. The first-order valence-corrected chi connectivity index (χ1v) is 9.22. The molecule has 0 saturated heterocycles. The molecule has 0 fully saturated rings. The smallest absolute Gasteiger partial charge is 0.416 e. The van der Waals surface area contributed by atoms with Gasteiger partial charge in [-0.2, -0.15) is 13.2 Å². The molecule has 0 saturated carbocycles. The van der Waals surface area contributed by atoms with E-state index in [9.17, 15) is 32.3 Å². The minimum Gasteiger partial charge on any atom is -0.479 e. The van der Waals surface area contributed by atoms with Crippen molar-refractivity contribution in [2.45, 2.75) is 45.3 Å². The van der Waals surface area contributed by atoms with Crippen molar-refractivity contribution in [1.82, 2.24) is 0 Å². The average molecular weight is 443 g/mol. The number of hydrogen-bond donors (Lipinski definition) is 2. The van der Waals surface area contributed by atoms with Crippen molar-refractivity contribution in [1.29, 1.82) is 0 Å². The Balaban J connectivity index is 1.98. The van der Waals surface area contributed by atoms with E-state index in [1.807, 2.05) is 0 Å². The summed E-state index contributed by atoms with van der Waals surface area (Å²) in [5.41, 5.74) is -0.296. The molecule has 0 radical (unpaired) electrons. The molecule has 2 aromatic rings. The first kappa shape index (κ1) is 24.1. The highest BCUT2D eigenvalue weighted by atomic mass is 19.4. The second-order valence-electron chi connectivity index (χ2n) is 6.92. The van der Waals surface area contributed by atoms with E-state index in [1.165, 1.54) is 24.3 Å². The molecule has 168 valence electrons. The van der Waals surface area contributed by atoms with Crippen LogP contribution in [0.5, 0.6) is 0 Å². The van der Waals surface area contributed by atoms with Gasteiger partial charge in [0, 0.05) is 12.1 Å². The average Bonchev–Trinajstić information content (AvgIpc) is 2.67. The number of rotatable bonds is 8. The summed E-state index contributed by atoms with van der Waals surface area (Å²) in [6.07, 6.45) is -7.28. The van der Waals surface area contributed by atoms with Gasteiger partial charge in [0.05, 0.1) is 11.7 Å². The van der Waals surface area contributed by atoms with Crippen molar-refractivity contribution in [3.63, 3.8) is 0 Å². The molecule has 0 heterocycles. The number of anilines is 1. The van der Waals surface area contributed by atoms with E-state index < -0.39 is 35.7 Å². The predicted molar refractivity (Wildman–Crippen MR) is 103 cm³/mol. The van der Waals surface area contributed by atoms with E-state index in [4.69, 9.17) is 9.47 Å². The van der Waals surface area contributed by atoms with Gasteiger partial charge < -0.3 is 14.6 Å². The Morgan fingerprint density at radius 2 is 1.74 bits per heavy atom. The van der Waals surface area contributed by atoms with Crippen molar-refractivity contribution >= 4 is 17.7 Å². The van der Waals surface area contributed by atoms with Gasteiger partial charge in [-0.15, -0.1) is 0 Å².